The normalized spacial score (nSPS) is 27.3. The van der Waals surface area contributed by atoms with Crippen LogP contribution in [0.5, 0.6) is 0 Å². The Kier molecular flexibility index (Phi) is 5.17. The SMILES string of the molecule is N#Cc1ccc(C[C@@]2(O)C(O)CCC3Cc4cc(C(F)(F)F)c(C#N)cc4NC32)cc1. The van der Waals surface area contributed by atoms with E-state index in [4.69, 9.17) is 5.26 Å². The van der Waals surface area contributed by atoms with E-state index in [9.17, 15) is 28.6 Å². The largest absolute Gasteiger partial charge is 0.417 e. The Morgan fingerprint density at radius 3 is 2.42 bits per heavy atom. The minimum atomic E-state index is -4.63. The number of aliphatic hydroxyl groups excluding tert-OH is 1. The van der Waals surface area contributed by atoms with E-state index >= 15 is 0 Å². The first-order chi connectivity index (χ1) is 14.7. The van der Waals surface area contributed by atoms with Gasteiger partial charge in [-0.25, -0.2) is 0 Å². The van der Waals surface area contributed by atoms with Crippen LogP contribution in [0.15, 0.2) is 36.4 Å². The molecule has 3 N–H and O–H groups in total. The minimum absolute atomic E-state index is 0.120. The van der Waals surface area contributed by atoms with Crippen molar-refractivity contribution in [1.82, 2.24) is 0 Å². The van der Waals surface area contributed by atoms with Crippen molar-refractivity contribution in [1.29, 1.82) is 10.5 Å². The van der Waals surface area contributed by atoms with Gasteiger partial charge in [-0.15, -0.1) is 0 Å². The number of halogens is 3. The van der Waals surface area contributed by atoms with Crippen molar-refractivity contribution in [3.05, 3.63) is 64.2 Å². The van der Waals surface area contributed by atoms with Crippen molar-refractivity contribution in [3.63, 3.8) is 0 Å². The number of hydrogen-bond donors (Lipinski definition) is 3. The number of benzene rings is 2. The highest BCUT2D eigenvalue weighted by atomic mass is 19.4. The molecular formula is C23H20F3N3O2. The summed E-state index contributed by atoms with van der Waals surface area (Å²) in [6.45, 7) is 0. The highest BCUT2D eigenvalue weighted by Crippen LogP contribution is 2.45. The molecule has 0 bridgehead atoms. The lowest BCUT2D eigenvalue weighted by atomic mass is 9.66. The van der Waals surface area contributed by atoms with Crippen molar-refractivity contribution in [2.24, 2.45) is 5.92 Å². The van der Waals surface area contributed by atoms with Gasteiger partial charge in [0.05, 0.1) is 41.0 Å². The van der Waals surface area contributed by atoms with Crippen molar-refractivity contribution < 1.29 is 23.4 Å². The zero-order valence-corrected chi connectivity index (χ0v) is 16.4. The van der Waals surface area contributed by atoms with E-state index in [1.807, 2.05) is 6.07 Å². The zero-order chi connectivity index (χ0) is 22.4. The van der Waals surface area contributed by atoms with Crippen molar-refractivity contribution in [3.8, 4) is 12.1 Å². The molecule has 160 valence electrons. The monoisotopic (exact) mass is 427 g/mol. The highest BCUT2D eigenvalue weighted by molar-refractivity contribution is 5.62. The van der Waals surface area contributed by atoms with E-state index in [2.05, 4.69) is 5.32 Å². The van der Waals surface area contributed by atoms with Crippen LogP contribution in [0.1, 0.15) is 40.7 Å². The summed E-state index contributed by atoms with van der Waals surface area (Å²) < 4.78 is 40.0. The maximum atomic E-state index is 13.3. The lowest BCUT2D eigenvalue weighted by Gasteiger charge is -2.51. The molecular weight excluding hydrogens is 407 g/mol. The summed E-state index contributed by atoms with van der Waals surface area (Å²) in [5.41, 5.74) is -0.958. The Morgan fingerprint density at radius 1 is 1.10 bits per heavy atom. The topological polar surface area (TPSA) is 100 Å². The van der Waals surface area contributed by atoms with E-state index in [1.165, 1.54) is 6.07 Å². The summed E-state index contributed by atoms with van der Waals surface area (Å²) in [6.07, 6.45) is -4.35. The molecule has 4 atom stereocenters. The fourth-order valence-electron chi connectivity index (χ4n) is 4.84. The van der Waals surface area contributed by atoms with Gasteiger partial charge in [-0.3, -0.25) is 0 Å². The lowest BCUT2D eigenvalue weighted by molar-refractivity contribution is -0.138. The number of nitriles is 2. The quantitative estimate of drug-likeness (QED) is 0.681. The summed E-state index contributed by atoms with van der Waals surface area (Å²) in [5, 5.41) is 43.5. The third-order valence-corrected chi connectivity index (χ3v) is 6.43. The maximum absolute atomic E-state index is 13.3. The Bertz CT molecular complexity index is 1090. The van der Waals surface area contributed by atoms with Crippen LogP contribution in [-0.2, 0) is 19.0 Å². The first-order valence-electron chi connectivity index (χ1n) is 9.96. The van der Waals surface area contributed by atoms with E-state index < -0.39 is 35.1 Å². The number of rotatable bonds is 2. The van der Waals surface area contributed by atoms with Gasteiger partial charge in [0.25, 0.3) is 0 Å². The predicted octanol–water partition coefficient (Wildman–Crippen LogP) is 3.53. The highest BCUT2D eigenvalue weighted by Gasteiger charge is 2.52. The number of aliphatic hydroxyl groups is 2. The second kappa shape index (κ2) is 7.56. The van der Waals surface area contributed by atoms with Crippen LogP contribution < -0.4 is 5.32 Å². The van der Waals surface area contributed by atoms with E-state index in [1.54, 1.807) is 30.3 Å². The average Bonchev–Trinajstić information content (AvgIpc) is 2.74. The summed E-state index contributed by atoms with van der Waals surface area (Å²) in [4.78, 5) is 0. The molecule has 2 aromatic rings. The summed E-state index contributed by atoms with van der Waals surface area (Å²) >= 11 is 0. The molecule has 0 radical (unpaired) electrons. The van der Waals surface area contributed by atoms with Crippen LogP contribution in [0.4, 0.5) is 18.9 Å². The third-order valence-electron chi connectivity index (χ3n) is 6.43. The first-order valence-corrected chi connectivity index (χ1v) is 9.96. The number of anilines is 1. The van der Waals surface area contributed by atoms with Gasteiger partial charge in [0, 0.05) is 12.1 Å². The molecule has 8 heteroatoms. The molecule has 1 heterocycles. The van der Waals surface area contributed by atoms with Crippen molar-refractivity contribution >= 4 is 5.69 Å². The van der Waals surface area contributed by atoms with Crippen LogP contribution in [-0.4, -0.2) is 28.0 Å². The average molecular weight is 427 g/mol. The Morgan fingerprint density at radius 2 is 1.81 bits per heavy atom. The number of nitrogens with zero attached hydrogens (tertiary/aromatic N) is 2. The number of fused-ring (bicyclic) bond motifs is 2. The molecule has 5 nitrogen and oxygen atoms in total. The molecule has 1 aliphatic carbocycles. The van der Waals surface area contributed by atoms with Gasteiger partial charge in [0.1, 0.15) is 5.60 Å². The van der Waals surface area contributed by atoms with Gasteiger partial charge >= 0.3 is 6.18 Å². The third kappa shape index (κ3) is 3.74. The van der Waals surface area contributed by atoms with Crippen LogP contribution in [0.2, 0.25) is 0 Å². The molecule has 0 aromatic heterocycles. The fraction of sp³-hybridized carbons (Fsp3) is 0.391. The van der Waals surface area contributed by atoms with Gasteiger partial charge < -0.3 is 15.5 Å². The van der Waals surface area contributed by atoms with Gasteiger partial charge in [0.15, 0.2) is 0 Å². The summed E-state index contributed by atoms with van der Waals surface area (Å²) in [5.74, 6) is -0.173. The molecule has 0 spiro atoms. The molecule has 2 aliphatic rings. The van der Waals surface area contributed by atoms with Gasteiger partial charge in [-0.1, -0.05) is 12.1 Å². The second-order valence-electron chi connectivity index (χ2n) is 8.32. The van der Waals surface area contributed by atoms with Crippen molar-refractivity contribution in [2.45, 2.75) is 49.6 Å². The molecule has 1 saturated carbocycles. The summed E-state index contributed by atoms with van der Waals surface area (Å²) in [7, 11) is 0. The molecule has 1 fully saturated rings. The number of alkyl halides is 3. The van der Waals surface area contributed by atoms with Crippen LogP contribution >= 0.6 is 0 Å². The maximum Gasteiger partial charge on any atom is 0.417 e. The van der Waals surface area contributed by atoms with E-state index in [0.29, 0.717) is 36.1 Å². The second-order valence-corrected chi connectivity index (χ2v) is 8.32. The molecule has 0 amide bonds. The minimum Gasteiger partial charge on any atom is -0.390 e. The Balaban J connectivity index is 1.69. The van der Waals surface area contributed by atoms with Crippen LogP contribution in [0.25, 0.3) is 0 Å². The number of nitrogens with one attached hydrogen (secondary N) is 1. The molecule has 3 unspecified atom stereocenters. The van der Waals surface area contributed by atoms with E-state index in [-0.39, 0.29) is 12.3 Å². The number of hydrogen-bond acceptors (Lipinski definition) is 5. The van der Waals surface area contributed by atoms with Crippen molar-refractivity contribution in [2.75, 3.05) is 5.32 Å². The van der Waals surface area contributed by atoms with Gasteiger partial charge in [-0.05, 0) is 60.6 Å². The fourth-order valence-corrected chi connectivity index (χ4v) is 4.84. The molecule has 31 heavy (non-hydrogen) atoms. The van der Waals surface area contributed by atoms with Gasteiger partial charge in [-0.2, -0.15) is 23.7 Å². The molecule has 2 aromatic carbocycles. The zero-order valence-electron chi connectivity index (χ0n) is 16.4. The first kappa shape index (κ1) is 21.2. The standard InChI is InChI=1S/C23H20F3N3O2/c24-23(25,26)18-8-16-7-15-5-6-20(30)22(31,10-13-1-3-14(11-27)4-2-13)21(15)29-19(16)9-17(18)12-28/h1-4,8-9,15,20-21,29-31H,5-7,10H2/t15?,20?,21?,22-/m1/s1. The van der Waals surface area contributed by atoms with Crippen LogP contribution in [0, 0.1) is 28.6 Å². The smallest absolute Gasteiger partial charge is 0.390 e. The Labute approximate surface area is 177 Å². The van der Waals surface area contributed by atoms with Gasteiger partial charge in [0.2, 0.25) is 0 Å². The molecule has 1 aliphatic heterocycles. The Hall–Kier alpha value is -3.07. The van der Waals surface area contributed by atoms with Crippen LogP contribution in [0.3, 0.4) is 0 Å². The summed E-state index contributed by atoms with van der Waals surface area (Å²) in [6, 6.07) is 11.9. The predicted molar refractivity (Wildman–Crippen MR) is 106 cm³/mol. The molecule has 4 rings (SSSR count). The van der Waals surface area contributed by atoms with E-state index in [0.717, 1.165) is 11.6 Å². The molecule has 0 saturated heterocycles. The lowest BCUT2D eigenvalue weighted by Crippen LogP contribution is -2.63.